The molecule has 0 aliphatic carbocycles. The molecule has 4 nitrogen and oxygen atoms in total. The standard InChI is InChI=1S/FHN4/c1-3-5-4-2/h2H. The zero-order chi connectivity index (χ0) is 4.12. The first-order valence-electron chi connectivity index (χ1n) is 0.793. The molecule has 0 unspecified atom stereocenters. The molecule has 28 valence electrons. The van der Waals surface area contributed by atoms with Crippen LogP contribution in [0.2, 0.25) is 0 Å². The van der Waals surface area contributed by atoms with E-state index >= 15 is 0 Å². The molecule has 0 aromatic carbocycles. The summed E-state index contributed by atoms with van der Waals surface area (Å²) in [6.07, 6.45) is 0. The van der Waals surface area contributed by atoms with Gasteiger partial charge in [0.2, 0.25) is 0 Å². The van der Waals surface area contributed by atoms with Gasteiger partial charge >= 0.3 is 0 Å². The largest absolute Gasteiger partial charge is 0.183 e. The molecule has 0 aliphatic heterocycles. The highest BCUT2D eigenvalue weighted by Gasteiger charge is 1.48. The molecular formula is HFN4. The van der Waals surface area contributed by atoms with Gasteiger partial charge in [-0.25, -0.2) is 0 Å². The third-order valence-electron chi connectivity index (χ3n) is 0.0785. The van der Waals surface area contributed by atoms with Gasteiger partial charge in [0, 0.05) is 10.6 Å². The van der Waals surface area contributed by atoms with E-state index in [1.54, 1.807) is 5.34 Å². The molecule has 0 aromatic rings. The van der Waals surface area contributed by atoms with Crippen LogP contribution < -0.4 is 0 Å². The zero-order valence-corrected chi connectivity index (χ0v) is 2.22. The predicted molar refractivity (Wildman–Crippen MR) is 11.1 cm³/mol. The lowest BCUT2D eigenvalue weighted by Gasteiger charge is -1.50. The maximum Gasteiger partial charge on any atom is 0.0435 e. The first kappa shape index (κ1) is 4.13. The van der Waals surface area contributed by atoms with Crippen molar-refractivity contribution in [3.05, 3.63) is 0 Å². The van der Waals surface area contributed by atoms with Crippen molar-refractivity contribution in [2.75, 3.05) is 0 Å². The predicted octanol–water partition coefficient (Wildman–Crippen LogP) is 1.27. The van der Waals surface area contributed by atoms with E-state index < -0.39 is 0 Å². The lowest BCUT2D eigenvalue weighted by molar-refractivity contribution is 0.474. The third kappa shape index (κ3) is 3.13. The van der Waals surface area contributed by atoms with Crippen LogP contribution in [0.25, 0.3) is 0 Å². The van der Waals surface area contributed by atoms with E-state index in [0.717, 1.165) is 0 Å². The van der Waals surface area contributed by atoms with Gasteiger partial charge in [0.05, 0.1) is 0 Å². The number of hydrogen-bond donors (Lipinski definition) is 1. The fraction of sp³-hybridized carbons (Fsp3) is 0. The smallest absolute Gasteiger partial charge is 0.0435 e. The van der Waals surface area contributed by atoms with Crippen molar-refractivity contribution >= 4 is 0 Å². The van der Waals surface area contributed by atoms with Gasteiger partial charge in [0.25, 0.3) is 0 Å². The fourth-order valence-electron chi connectivity index (χ4n) is 0.0169. The first-order chi connectivity index (χ1) is 2.41. The van der Waals surface area contributed by atoms with Crippen molar-refractivity contribution in [3.63, 3.8) is 0 Å². The van der Waals surface area contributed by atoms with Gasteiger partial charge in [-0.3, -0.25) is 0 Å². The number of nitrogens with zero attached hydrogens (tertiary/aromatic N) is 3. The van der Waals surface area contributed by atoms with Crippen LogP contribution in [0.3, 0.4) is 0 Å². The summed E-state index contributed by atoms with van der Waals surface area (Å²) in [7, 11) is 0. The summed E-state index contributed by atoms with van der Waals surface area (Å²) in [6.45, 7) is 0. The lowest BCUT2D eigenvalue weighted by atomic mass is 12.6. The summed E-state index contributed by atoms with van der Waals surface area (Å²) in [5, 5.41) is 6.03. The van der Waals surface area contributed by atoms with Crippen LogP contribution >= 0.6 is 0 Å². The lowest BCUT2D eigenvalue weighted by Crippen LogP contribution is -1.29. The summed E-state index contributed by atoms with van der Waals surface area (Å²) in [6, 6.07) is 0. The molecule has 0 spiro atoms. The minimum atomic E-state index is 1.62. The summed E-state index contributed by atoms with van der Waals surface area (Å²) in [5.41, 5.74) is 5.73. The number of hydrogen-bond acceptors (Lipinski definition) is 2. The number of halogens is 1. The van der Waals surface area contributed by atoms with Gasteiger partial charge in [-0.05, 0) is 5.22 Å². The minimum Gasteiger partial charge on any atom is -0.183 e. The molecule has 0 heterocycles. The molecule has 0 aliphatic rings. The van der Waals surface area contributed by atoms with E-state index in [4.69, 9.17) is 5.53 Å². The van der Waals surface area contributed by atoms with Gasteiger partial charge < -0.3 is 0 Å². The Morgan fingerprint density at radius 2 is 2.20 bits per heavy atom. The Morgan fingerprint density at radius 1 is 1.60 bits per heavy atom. The molecule has 0 bridgehead atoms. The topological polar surface area (TPSA) is 60.9 Å². The Balaban J connectivity index is 2.92. The third-order valence-corrected chi connectivity index (χ3v) is 0.0785. The van der Waals surface area contributed by atoms with E-state index in [2.05, 4.69) is 10.4 Å². The van der Waals surface area contributed by atoms with Crippen molar-refractivity contribution in [1.82, 2.24) is 0 Å². The molecule has 0 aromatic heterocycles. The second-order valence-corrected chi connectivity index (χ2v) is 0.265. The van der Waals surface area contributed by atoms with Crippen molar-refractivity contribution < 1.29 is 4.48 Å². The highest BCUT2D eigenvalue weighted by Crippen LogP contribution is 1.70. The van der Waals surface area contributed by atoms with Crippen LogP contribution in [0.1, 0.15) is 0 Å². The molecule has 5 heteroatoms. The Hall–Kier alpha value is -0.870. The van der Waals surface area contributed by atoms with E-state index in [-0.39, 0.29) is 0 Å². The van der Waals surface area contributed by atoms with Gasteiger partial charge in [-0.1, -0.05) is 4.48 Å². The maximum absolute atomic E-state index is 10.2. The highest BCUT2D eigenvalue weighted by molar-refractivity contribution is 3.81. The normalized spacial score (nSPS) is 9.00. The molecule has 0 rings (SSSR count). The summed E-state index contributed by atoms with van der Waals surface area (Å²) >= 11 is 0. The van der Waals surface area contributed by atoms with Gasteiger partial charge in [-0.15, -0.1) is 0 Å². The van der Waals surface area contributed by atoms with Crippen LogP contribution in [0.15, 0.2) is 15.8 Å². The van der Waals surface area contributed by atoms with E-state index in [1.165, 1.54) is 0 Å². The fourth-order valence-corrected chi connectivity index (χ4v) is 0.0169. The summed E-state index contributed by atoms with van der Waals surface area (Å²) < 4.78 is 10.2. The number of rotatable bonds is 1. The van der Waals surface area contributed by atoms with Crippen molar-refractivity contribution in [2.45, 2.75) is 0 Å². The second-order valence-electron chi connectivity index (χ2n) is 0.265. The molecule has 0 fully saturated rings. The second kappa shape index (κ2) is 3.13. The molecule has 0 amide bonds. The Bertz CT molecular complexity index is 45.6. The van der Waals surface area contributed by atoms with E-state index in [0.29, 0.717) is 0 Å². The van der Waals surface area contributed by atoms with Crippen LogP contribution in [-0.2, 0) is 0 Å². The highest BCUT2D eigenvalue weighted by atomic mass is 19.2. The number of nitrogens with one attached hydrogen (secondary N) is 1. The molecular weight excluding hydrogens is 75.0 g/mol. The monoisotopic (exact) mass is 76.0 g/mol. The van der Waals surface area contributed by atoms with Crippen LogP contribution in [0.4, 0.5) is 4.48 Å². The molecule has 1 N–H and O–H groups in total. The van der Waals surface area contributed by atoms with Gasteiger partial charge in [0.1, 0.15) is 0 Å². The van der Waals surface area contributed by atoms with Crippen molar-refractivity contribution in [1.29, 1.82) is 5.53 Å². The molecule has 0 atom stereocenters. The molecule has 0 radical (unpaired) electrons. The zero-order valence-electron chi connectivity index (χ0n) is 2.22. The minimum absolute atomic E-state index is 1.62. The first-order valence-corrected chi connectivity index (χ1v) is 0.793. The maximum atomic E-state index is 10.2. The van der Waals surface area contributed by atoms with Crippen molar-refractivity contribution in [2.24, 2.45) is 15.8 Å². The van der Waals surface area contributed by atoms with Crippen molar-refractivity contribution in [3.8, 4) is 0 Å². The Morgan fingerprint density at radius 3 is 2.20 bits per heavy atom. The quantitative estimate of drug-likeness (QED) is 0.361. The summed E-state index contributed by atoms with van der Waals surface area (Å²) in [5.74, 6) is 0. The van der Waals surface area contributed by atoms with E-state index in [1.807, 2.05) is 0 Å². The van der Waals surface area contributed by atoms with E-state index in [9.17, 15) is 4.48 Å². The molecule has 0 saturated heterocycles. The van der Waals surface area contributed by atoms with Gasteiger partial charge in [-0.2, -0.15) is 5.53 Å². The summed E-state index contributed by atoms with van der Waals surface area (Å²) in [4.78, 5) is 0. The van der Waals surface area contributed by atoms with Gasteiger partial charge in [0.15, 0.2) is 0 Å². The molecule has 0 saturated carbocycles. The average molecular weight is 76.0 g/mol. The van der Waals surface area contributed by atoms with Crippen LogP contribution in [0.5, 0.6) is 0 Å². The Labute approximate surface area is 27.1 Å². The average Bonchev–Trinajstić information content (AvgIpc) is 1.41. The Kier molecular flexibility index (Phi) is 2.59. The van der Waals surface area contributed by atoms with Crippen LogP contribution in [-0.4, -0.2) is 0 Å². The molecule has 5 heavy (non-hydrogen) atoms. The van der Waals surface area contributed by atoms with Crippen LogP contribution in [0, 0.1) is 5.53 Å². The SMILES string of the molecule is N=NN=NF.